The second-order valence-corrected chi connectivity index (χ2v) is 3.78. The van der Waals surface area contributed by atoms with Crippen LogP contribution in [0.2, 0.25) is 0 Å². The summed E-state index contributed by atoms with van der Waals surface area (Å²) in [5.41, 5.74) is 1.50. The lowest BCUT2D eigenvalue weighted by Gasteiger charge is -1.98. The Balaban J connectivity index is 2.65. The maximum absolute atomic E-state index is 11.8. The number of non-ortho nitro benzene ring substituents is 1. The Morgan fingerprint density at radius 3 is 2.65 bits per heavy atom. The number of hydrogen-bond acceptors (Lipinski definition) is 3. The van der Waals surface area contributed by atoms with Gasteiger partial charge in [0.1, 0.15) is 0 Å². The molecule has 1 aromatic heterocycles. The lowest BCUT2D eigenvalue weighted by molar-refractivity contribution is -0.384. The van der Waals surface area contributed by atoms with E-state index in [2.05, 4.69) is 5.10 Å². The summed E-state index contributed by atoms with van der Waals surface area (Å²) in [6, 6.07) is 6.05. The molecule has 0 amide bonds. The first-order chi connectivity index (χ1) is 8.00. The van der Waals surface area contributed by atoms with Gasteiger partial charge in [-0.05, 0) is 12.5 Å². The summed E-state index contributed by atoms with van der Waals surface area (Å²) in [5.74, 6) is 0. The van der Waals surface area contributed by atoms with Crippen molar-refractivity contribution in [3.63, 3.8) is 0 Å². The Kier molecular flexibility index (Phi) is 2.55. The summed E-state index contributed by atoms with van der Waals surface area (Å²) in [6.07, 6.45) is 0. The summed E-state index contributed by atoms with van der Waals surface area (Å²) in [4.78, 5) is 22.0. The van der Waals surface area contributed by atoms with E-state index in [9.17, 15) is 14.9 Å². The number of benzene rings is 1. The molecule has 2 aromatic rings. The molecular weight excluding hydrogens is 222 g/mol. The average molecular weight is 233 g/mol. The molecule has 6 nitrogen and oxygen atoms in total. The van der Waals surface area contributed by atoms with Crippen LogP contribution in [0.1, 0.15) is 5.69 Å². The molecule has 2 rings (SSSR count). The predicted molar refractivity (Wildman–Crippen MR) is 62.9 cm³/mol. The Morgan fingerprint density at radius 2 is 2.12 bits per heavy atom. The van der Waals surface area contributed by atoms with E-state index in [1.165, 1.54) is 16.8 Å². The lowest BCUT2D eigenvalue weighted by Crippen LogP contribution is -2.13. The molecule has 0 bridgehead atoms. The first-order valence-electron chi connectivity index (χ1n) is 5.01. The SMILES string of the molecule is Cc1[nH]n(C)c(=O)c1-c1cccc([N+](=O)[O-])c1. The number of aryl methyl sites for hydroxylation is 2. The van der Waals surface area contributed by atoms with Crippen molar-refractivity contribution in [2.45, 2.75) is 6.92 Å². The van der Waals surface area contributed by atoms with Gasteiger partial charge in [-0.15, -0.1) is 0 Å². The van der Waals surface area contributed by atoms with Crippen molar-refractivity contribution in [1.82, 2.24) is 9.78 Å². The van der Waals surface area contributed by atoms with Crippen LogP contribution >= 0.6 is 0 Å². The topological polar surface area (TPSA) is 80.9 Å². The molecule has 17 heavy (non-hydrogen) atoms. The van der Waals surface area contributed by atoms with Gasteiger partial charge in [-0.25, -0.2) is 0 Å². The summed E-state index contributed by atoms with van der Waals surface area (Å²) < 4.78 is 1.35. The number of rotatable bonds is 2. The monoisotopic (exact) mass is 233 g/mol. The van der Waals surface area contributed by atoms with E-state index in [4.69, 9.17) is 0 Å². The number of aromatic amines is 1. The molecule has 0 aliphatic carbocycles. The van der Waals surface area contributed by atoms with Crippen LogP contribution in [0.4, 0.5) is 5.69 Å². The normalized spacial score (nSPS) is 10.5. The van der Waals surface area contributed by atoms with Gasteiger partial charge in [0, 0.05) is 24.9 Å². The van der Waals surface area contributed by atoms with Crippen LogP contribution in [-0.2, 0) is 7.05 Å². The number of H-pyrrole nitrogens is 1. The van der Waals surface area contributed by atoms with Crippen LogP contribution in [0.3, 0.4) is 0 Å². The third kappa shape index (κ3) is 1.84. The molecule has 6 heteroatoms. The largest absolute Gasteiger partial charge is 0.300 e. The van der Waals surface area contributed by atoms with Crippen molar-refractivity contribution in [1.29, 1.82) is 0 Å². The van der Waals surface area contributed by atoms with Crippen LogP contribution in [-0.4, -0.2) is 14.7 Å². The van der Waals surface area contributed by atoms with Gasteiger partial charge in [-0.2, -0.15) is 0 Å². The van der Waals surface area contributed by atoms with Gasteiger partial charge in [0.25, 0.3) is 11.2 Å². The van der Waals surface area contributed by atoms with Crippen molar-refractivity contribution >= 4 is 5.69 Å². The Labute approximate surface area is 96.6 Å². The predicted octanol–water partition coefficient (Wildman–Crippen LogP) is 1.60. The van der Waals surface area contributed by atoms with Crippen LogP contribution in [0.25, 0.3) is 11.1 Å². The maximum Gasteiger partial charge on any atom is 0.274 e. The highest BCUT2D eigenvalue weighted by Crippen LogP contribution is 2.22. The van der Waals surface area contributed by atoms with Crippen molar-refractivity contribution in [2.24, 2.45) is 7.05 Å². The van der Waals surface area contributed by atoms with Gasteiger partial charge in [-0.1, -0.05) is 12.1 Å². The Morgan fingerprint density at radius 1 is 1.41 bits per heavy atom. The zero-order chi connectivity index (χ0) is 12.6. The molecule has 0 aliphatic heterocycles. The minimum atomic E-state index is -0.476. The van der Waals surface area contributed by atoms with Crippen LogP contribution < -0.4 is 5.56 Å². The second-order valence-electron chi connectivity index (χ2n) is 3.78. The third-order valence-corrected chi connectivity index (χ3v) is 2.57. The fraction of sp³-hybridized carbons (Fsp3) is 0.182. The van der Waals surface area contributed by atoms with Gasteiger partial charge >= 0.3 is 0 Å². The molecule has 1 heterocycles. The third-order valence-electron chi connectivity index (χ3n) is 2.57. The molecule has 0 saturated carbocycles. The Hall–Kier alpha value is -2.37. The first-order valence-corrected chi connectivity index (χ1v) is 5.01. The minimum absolute atomic E-state index is 0.0230. The van der Waals surface area contributed by atoms with Crippen LogP contribution in [0.5, 0.6) is 0 Å². The summed E-state index contributed by atoms with van der Waals surface area (Å²) in [5, 5.41) is 13.5. The highest BCUT2D eigenvalue weighted by molar-refractivity contribution is 5.67. The molecule has 0 unspecified atom stereocenters. The number of hydrogen-bond donors (Lipinski definition) is 1. The molecule has 0 saturated heterocycles. The lowest BCUT2D eigenvalue weighted by atomic mass is 10.1. The quantitative estimate of drug-likeness (QED) is 0.631. The fourth-order valence-corrected chi connectivity index (χ4v) is 1.80. The molecule has 0 aliphatic rings. The van der Waals surface area contributed by atoms with Crippen LogP contribution in [0, 0.1) is 17.0 Å². The van der Waals surface area contributed by atoms with Gasteiger partial charge < -0.3 is 0 Å². The highest BCUT2D eigenvalue weighted by atomic mass is 16.6. The van der Waals surface area contributed by atoms with Crippen molar-refractivity contribution in [2.75, 3.05) is 0 Å². The van der Waals surface area contributed by atoms with Gasteiger partial charge in [-0.3, -0.25) is 24.7 Å². The number of nitro groups is 1. The Bertz CT molecular complexity index is 640. The van der Waals surface area contributed by atoms with Crippen LogP contribution in [0.15, 0.2) is 29.1 Å². The zero-order valence-corrected chi connectivity index (χ0v) is 9.43. The van der Waals surface area contributed by atoms with Crippen molar-refractivity contribution < 1.29 is 4.92 Å². The highest BCUT2D eigenvalue weighted by Gasteiger charge is 2.14. The number of nitrogens with one attached hydrogen (secondary N) is 1. The van der Waals surface area contributed by atoms with Crippen molar-refractivity contribution in [3.05, 3.63) is 50.4 Å². The van der Waals surface area contributed by atoms with E-state index >= 15 is 0 Å². The van der Waals surface area contributed by atoms with E-state index in [0.29, 0.717) is 16.8 Å². The van der Waals surface area contributed by atoms with Gasteiger partial charge in [0.15, 0.2) is 0 Å². The standard InChI is InChI=1S/C11H11N3O3/c1-7-10(11(15)13(2)12-7)8-4-3-5-9(6-8)14(16)17/h3-6,12H,1-2H3. The van der Waals surface area contributed by atoms with E-state index in [1.807, 2.05) is 0 Å². The second kappa shape index (κ2) is 3.89. The molecule has 1 aromatic carbocycles. The fourth-order valence-electron chi connectivity index (χ4n) is 1.80. The first kappa shape index (κ1) is 11.1. The van der Waals surface area contributed by atoms with E-state index in [0.717, 1.165) is 0 Å². The van der Waals surface area contributed by atoms with E-state index < -0.39 is 4.92 Å². The minimum Gasteiger partial charge on any atom is -0.300 e. The number of nitrogens with zero attached hydrogens (tertiary/aromatic N) is 2. The summed E-state index contributed by atoms with van der Waals surface area (Å²) in [6.45, 7) is 1.76. The number of nitro benzene ring substituents is 1. The molecule has 0 spiro atoms. The van der Waals surface area contributed by atoms with Gasteiger partial charge in [0.05, 0.1) is 10.5 Å². The van der Waals surface area contributed by atoms with Gasteiger partial charge in [0.2, 0.25) is 0 Å². The number of aromatic nitrogens is 2. The summed E-state index contributed by atoms with van der Waals surface area (Å²) >= 11 is 0. The molecule has 88 valence electrons. The molecule has 0 radical (unpaired) electrons. The smallest absolute Gasteiger partial charge is 0.274 e. The molecular formula is C11H11N3O3. The zero-order valence-electron chi connectivity index (χ0n) is 9.43. The maximum atomic E-state index is 11.8. The molecule has 0 atom stereocenters. The van der Waals surface area contributed by atoms with E-state index in [-0.39, 0.29) is 11.2 Å². The molecule has 0 fully saturated rings. The van der Waals surface area contributed by atoms with E-state index in [1.54, 1.807) is 26.1 Å². The average Bonchev–Trinajstić information content (AvgIpc) is 2.53. The van der Waals surface area contributed by atoms with Crippen molar-refractivity contribution in [3.8, 4) is 11.1 Å². The summed E-state index contributed by atoms with van der Waals surface area (Å²) in [7, 11) is 1.61. The molecule has 1 N–H and O–H groups in total.